The highest BCUT2D eigenvalue weighted by molar-refractivity contribution is 5.75. The Kier molecular flexibility index (Phi) is 24.7. The van der Waals surface area contributed by atoms with E-state index in [-0.39, 0.29) is 30.5 Å². The van der Waals surface area contributed by atoms with Crippen LogP contribution >= 0.6 is 0 Å². The summed E-state index contributed by atoms with van der Waals surface area (Å²) in [5.74, 6) is -0.785. The Morgan fingerprint density at radius 3 is 1.55 bits per heavy atom. The first-order valence-corrected chi connectivity index (χ1v) is 16.6. The molecule has 0 saturated heterocycles. The number of hydrogen-bond donors (Lipinski definition) is 2. The molecule has 0 spiro atoms. The molecule has 0 unspecified atom stereocenters. The van der Waals surface area contributed by atoms with Gasteiger partial charge in [0.2, 0.25) is 5.91 Å². The number of likely N-dealkylation sites (N-methyl/N-ethyl adjacent to an activating group) is 1. The molecule has 0 atom stereocenters. The molecule has 0 aliphatic carbocycles. The number of nitrogens with zero attached hydrogens (tertiary/aromatic N) is 1. The van der Waals surface area contributed by atoms with Gasteiger partial charge in [-0.15, -0.1) is 0 Å². The Bertz CT molecular complexity index is 692. The van der Waals surface area contributed by atoms with Crippen molar-refractivity contribution in [3.05, 3.63) is 0 Å². The van der Waals surface area contributed by atoms with Crippen molar-refractivity contribution in [1.82, 2.24) is 5.32 Å². The van der Waals surface area contributed by atoms with Gasteiger partial charge in [-0.05, 0) is 33.6 Å². The number of ether oxygens (including phenoxy) is 3. The van der Waals surface area contributed by atoms with E-state index in [1.54, 1.807) is 0 Å². The van der Waals surface area contributed by atoms with Gasteiger partial charge in [0.25, 0.3) is 0 Å². The molecule has 0 heterocycles. The summed E-state index contributed by atoms with van der Waals surface area (Å²) >= 11 is 0. The predicted molar refractivity (Wildman–Crippen MR) is 168 cm³/mol. The molecule has 1 amide bonds. The van der Waals surface area contributed by atoms with E-state index in [4.69, 9.17) is 19.3 Å². The van der Waals surface area contributed by atoms with Crippen LogP contribution < -0.4 is 5.32 Å². The molecule has 0 radical (unpaired) electrons. The van der Waals surface area contributed by atoms with Crippen molar-refractivity contribution in [2.75, 3.05) is 60.2 Å². The molecule has 0 aromatic rings. The van der Waals surface area contributed by atoms with Gasteiger partial charge < -0.3 is 29.1 Å². The number of nitrogens with one attached hydrogen (secondary N) is 1. The van der Waals surface area contributed by atoms with E-state index in [0.717, 1.165) is 43.3 Å². The van der Waals surface area contributed by atoms with Crippen molar-refractivity contribution in [3.8, 4) is 0 Å². The zero-order valence-electron chi connectivity index (χ0n) is 27.8. The highest BCUT2D eigenvalue weighted by atomic mass is 16.6. The number of unbranched alkanes of at least 4 members (excludes halogenated alkanes) is 13. The summed E-state index contributed by atoms with van der Waals surface area (Å²) in [6.07, 6.45) is 18.1. The predicted octanol–water partition coefficient (Wildman–Crippen LogP) is 6.27. The Morgan fingerprint density at radius 2 is 1.07 bits per heavy atom. The first-order chi connectivity index (χ1) is 19.9. The fourth-order valence-corrected chi connectivity index (χ4v) is 4.56. The molecule has 0 bridgehead atoms. The second-order valence-electron chi connectivity index (χ2n) is 13.1. The van der Waals surface area contributed by atoms with E-state index in [2.05, 4.69) is 19.4 Å². The van der Waals surface area contributed by atoms with E-state index >= 15 is 0 Å². The lowest BCUT2D eigenvalue weighted by atomic mass is 10.0. The van der Waals surface area contributed by atoms with Crippen molar-refractivity contribution in [3.63, 3.8) is 0 Å². The smallest absolute Gasteiger partial charge is 0.306 e. The number of carboxylic acids is 1. The largest absolute Gasteiger partial charge is 0.481 e. The number of carbonyl (C=O) groups is 3. The Labute approximate surface area is 257 Å². The van der Waals surface area contributed by atoms with Crippen LogP contribution in [0.3, 0.4) is 0 Å². The summed E-state index contributed by atoms with van der Waals surface area (Å²) in [4.78, 5) is 34.3. The van der Waals surface area contributed by atoms with Crippen LogP contribution in [-0.4, -0.2) is 93.2 Å². The first kappa shape index (κ1) is 40.3. The first-order valence-electron chi connectivity index (χ1n) is 16.6. The van der Waals surface area contributed by atoms with Gasteiger partial charge in [0.1, 0.15) is 12.1 Å². The molecule has 9 heteroatoms. The van der Waals surface area contributed by atoms with Gasteiger partial charge >= 0.3 is 11.9 Å². The number of quaternary nitrogens is 1. The second kappa shape index (κ2) is 25.8. The average molecular weight is 602 g/mol. The summed E-state index contributed by atoms with van der Waals surface area (Å²) in [7, 11) is 4.25. The van der Waals surface area contributed by atoms with Gasteiger partial charge in [0.15, 0.2) is 0 Å². The maximum absolute atomic E-state index is 12.2. The van der Waals surface area contributed by atoms with Crippen LogP contribution in [0.15, 0.2) is 0 Å². The summed E-state index contributed by atoms with van der Waals surface area (Å²) in [5.41, 5.74) is -0.376. The monoisotopic (exact) mass is 601 g/mol. The SMILES string of the molecule is CC(C)(C)OC(=O)CCCCCCCCCCCCCCCCC(=O)NCC[N+](C)(C)CCOCCOCCC(=O)O. The van der Waals surface area contributed by atoms with Gasteiger partial charge in [-0.3, -0.25) is 14.4 Å². The van der Waals surface area contributed by atoms with Crippen LogP contribution in [0.4, 0.5) is 0 Å². The third-order valence-electron chi connectivity index (χ3n) is 7.17. The number of esters is 1. The molecule has 0 rings (SSSR count). The minimum atomic E-state index is -0.857. The molecule has 0 aliphatic rings. The van der Waals surface area contributed by atoms with E-state index in [0.29, 0.717) is 39.2 Å². The summed E-state index contributed by atoms with van der Waals surface area (Å²) < 4.78 is 16.9. The third kappa shape index (κ3) is 31.2. The average Bonchev–Trinajstić information content (AvgIpc) is 2.88. The van der Waals surface area contributed by atoms with Crippen LogP contribution in [0.1, 0.15) is 130 Å². The number of carboxylic acid groups (broad SMARTS) is 1. The van der Waals surface area contributed by atoms with Gasteiger partial charge in [-0.1, -0.05) is 77.0 Å². The van der Waals surface area contributed by atoms with Crippen LogP contribution in [-0.2, 0) is 28.6 Å². The molecule has 0 fully saturated rings. The van der Waals surface area contributed by atoms with Gasteiger partial charge in [-0.25, -0.2) is 0 Å². The van der Waals surface area contributed by atoms with Crippen molar-refractivity contribution in [2.24, 2.45) is 0 Å². The lowest BCUT2D eigenvalue weighted by molar-refractivity contribution is -0.889. The maximum Gasteiger partial charge on any atom is 0.306 e. The van der Waals surface area contributed by atoms with Crippen LogP contribution in [0.25, 0.3) is 0 Å². The van der Waals surface area contributed by atoms with Crippen molar-refractivity contribution in [2.45, 2.75) is 136 Å². The molecule has 0 aromatic carbocycles. The topological polar surface area (TPSA) is 111 Å². The number of aliphatic carboxylic acids is 1. The van der Waals surface area contributed by atoms with E-state index in [1.165, 1.54) is 64.2 Å². The van der Waals surface area contributed by atoms with Crippen LogP contribution in [0.2, 0.25) is 0 Å². The molecule has 2 N–H and O–H groups in total. The third-order valence-corrected chi connectivity index (χ3v) is 7.17. The fraction of sp³-hybridized carbons (Fsp3) is 0.909. The van der Waals surface area contributed by atoms with Gasteiger partial charge in [-0.2, -0.15) is 0 Å². The number of amides is 1. The number of rotatable bonds is 29. The van der Waals surface area contributed by atoms with Crippen molar-refractivity contribution >= 4 is 17.8 Å². The lowest BCUT2D eigenvalue weighted by Crippen LogP contribution is -2.47. The number of hydrogen-bond acceptors (Lipinski definition) is 6. The summed E-state index contributed by atoms with van der Waals surface area (Å²) in [6.45, 7) is 9.76. The number of carbonyl (C=O) groups excluding carboxylic acids is 2. The minimum absolute atomic E-state index is 0.0143. The molecule has 248 valence electrons. The van der Waals surface area contributed by atoms with Crippen LogP contribution in [0.5, 0.6) is 0 Å². The fourth-order valence-electron chi connectivity index (χ4n) is 4.56. The van der Waals surface area contributed by atoms with Crippen LogP contribution in [0, 0.1) is 0 Å². The minimum Gasteiger partial charge on any atom is -0.481 e. The van der Waals surface area contributed by atoms with Crippen molar-refractivity contribution < 1.29 is 38.2 Å². The molecule has 42 heavy (non-hydrogen) atoms. The molecule has 0 saturated carbocycles. The highest BCUT2D eigenvalue weighted by Crippen LogP contribution is 2.15. The molecular weight excluding hydrogens is 536 g/mol. The van der Waals surface area contributed by atoms with Gasteiger partial charge in [0.05, 0.1) is 60.0 Å². The lowest BCUT2D eigenvalue weighted by Gasteiger charge is -2.29. The quantitative estimate of drug-likeness (QED) is 0.0590. The van der Waals surface area contributed by atoms with Crippen molar-refractivity contribution in [1.29, 1.82) is 0 Å². The van der Waals surface area contributed by atoms with E-state index in [9.17, 15) is 14.4 Å². The normalized spacial score (nSPS) is 11.9. The zero-order chi connectivity index (χ0) is 31.5. The Morgan fingerprint density at radius 1 is 0.619 bits per heavy atom. The zero-order valence-corrected chi connectivity index (χ0v) is 27.8. The summed E-state index contributed by atoms with van der Waals surface area (Å²) in [6, 6.07) is 0. The van der Waals surface area contributed by atoms with Gasteiger partial charge in [0, 0.05) is 12.8 Å². The molecule has 9 nitrogen and oxygen atoms in total. The van der Waals surface area contributed by atoms with E-state index in [1.807, 2.05) is 20.8 Å². The Balaban J connectivity index is 3.42. The second-order valence-corrected chi connectivity index (χ2v) is 13.1. The molecular formula is C33H65N2O7+. The van der Waals surface area contributed by atoms with E-state index < -0.39 is 5.97 Å². The standard InChI is InChI=1S/C33H64N2O7/c1-33(2,3)42-32(39)21-19-17-15-13-11-9-7-6-8-10-12-14-16-18-20-30(36)34-23-24-35(4,5)25-27-41-29-28-40-26-22-31(37)38/h6-29H2,1-5H3,(H-,34,36,37,38)/p+1. The highest BCUT2D eigenvalue weighted by Gasteiger charge is 2.16. The molecule has 0 aliphatic heterocycles. The summed E-state index contributed by atoms with van der Waals surface area (Å²) in [5, 5.41) is 11.6. The molecule has 0 aromatic heterocycles. The maximum atomic E-state index is 12.2. The Hall–Kier alpha value is -1.71.